The quantitative estimate of drug-likeness (QED) is 0.426. The maximum atomic E-state index is 13.1. The van der Waals surface area contributed by atoms with Gasteiger partial charge in [-0.05, 0) is 32.0 Å². The van der Waals surface area contributed by atoms with E-state index >= 15 is 0 Å². The Hall–Kier alpha value is -3.47. The Balaban J connectivity index is 1.65. The minimum Gasteiger partial charge on any atom is -0.486 e. The summed E-state index contributed by atoms with van der Waals surface area (Å²) in [7, 11) is 2.75. The first kappa shape index (κ1) is 22.7. The molecule has 0 radical (unpaired) electrons. The summed E-state index contributed by atoms with van der Waals surface area (Å²) >= 11 is 1.23. The maximum absolute atomic E-state index is 13.1. The van der Waals surface area contributed by atoms with Crippen LogP contribution in [0, 0.1) is 0 Å². The fourth-order valence-corrected chi connectivity index (χ4v) is 4.71. The number of ether oxygens (including phenoxy) is 2. The average Bonchev–Trinajstić information content (AvgIpc) is 3.23. The number of rotatable bonds is 6. The number of nitrogen functional groups attached to an aromatic ring is 1. The van der Waals surface area contributed by atoms with E-state index in [0.717, 1.165) is 20.4 Å². The van der Waals surface area contributed by atoms with E-state index in [1.807, 2.05) is 29.7 Å². The highest BCUT2D eigenvalue weighted by Crippen LogP contribution is 2.36. The van der Waals surface area contributed by atoms with Crippen molar-refractivity contribution in [2.24, 2.45) is 14.1 Å². The number of ketones is 1. The van der Waals surface area contributed by atoms with E-state index in [2.05, 4.69) is 4.98 Å². The van der Waals surface area contributed by atoms with Gasteiger partial charge in [0.2, 0.25) is 0 Å². The minimum absolute atomic E-state index is 0.142. The van der Waals surface area contributed by atoms with Gasteiger partial charge in [0.1, 0.15) is 24.6 Å². The largest absolute Gasteiger partial charge is 0.486 e. The van der Waals surface area contributed by atoms with Gasteiger partial charge in [-0.3, -0.25) is 18.7 Å². The van der Waals surface area contributed by atoms with Crippen LogP contribution in [0.2, 0.25) is 0 Å². The molecule has 1 unspecified atom stereocenters. The zero-order valence-corrected chi connectivity index (χ0v) is 19.6. The van der Waals surface area contributed by atoms with Crippen molar-refractivity contribution >= 4 is 23.4 Å². The van der Waals surface area contributed by atoms with Crippen LogP contribution in [-0.2, 0) is 20.6 Å². The monoisotopic (exact) mass is 471 g/mol. The standard InChI is InChI=1S/C22H25N5O5S/c1-5-27-14(13-6-7-15-16(10-13)32-9-8-31-15)11-24-21(27)33-12(2)18(28)17-19(23)25(3)22(30)26(4)20(17)29/h6-7,10-12H,5,8-9,23H2,1-4H3. The highest BCUT2D eigenvalue weighted by atomic mass is 32.2. The third kappa shape index (κ3) is 3.92. The predicted molar refractivity (Wildman–Crippen MR) is 125 cm³/mol. The smallest absolute Gasteiger partial charge is 0.332 e. The molecule has 2 aromatic heterocycles. The topological polar surface area (TPSA) is 123 Å². The maximum Gasteiger partial charge on any atom is 0.332 e. The van der Waals surface area contributed by atoms with Gasteiger partial charge in [-0.1, -0.05) is 11.8 Å². The van der Waals surface area contributed by atoms with Crippen LogP contribution >= 0.6 is 11.8 Å². The molecule has 4 rings (SSSR count). The molecule has 33 heavy (non-hydrogen) atoms. The number of carbonyl (C=O) groups is 1. The number of imidazole rings is 1. The lowest BCUT2D eigenvalue weighted by Gasteiger charge is -2.19. The predicted octanol–water partition coefficient (Wildman–Crippen LogP) is 1.68. The van der Waals surface area contributed by atoms with Crippen molar-refractivity contribution in [1.29, 1.82) is 0 Å². The van der Waals surface area contributed by atoms with Crippen molar-refractivity contribution in [1.82, 2.24) is 18.7 Å². The van der Waals surface area contributed by atoms with Gasteiger partial charge >= 0.3 is 5.69 Å². The fraction of sp³-hybridized carbons (Fsp3) is 0.364. The zero-order chi connectivity index (χ0) is 23.9. The molecular weight excluding hydrogens is 446 g/mol. The van der Waals surface area contributed by atoms with Crippen molar-refractivity contribution in [3.8, 4) is 22.8 Å². The van der Waals surface area contributed by atoms with Gasteiger partial charge in [0.05, 0.1) is 17.1 Å². The van der Waals surface area contributed by atoms with Gasteiger partial charge in [0.25, 0.3) is 5.56 Å². The number of carbonyl (C=O) groups excluding carboxylic acids is 1. The van der Waals surface area contributed by atoms with Gasteiger partial charge in [0.15, 0.2) is 22.4 Å². The molecule has 0 aliphatic carbocycles. The summed E-state index contributed by atoms with van der Waals surface area (Å²) in [6.45, 7) is 5.32. The molecular formula is C22H25N5O5S. The Kier molecular flexibility index (Phi) is 6.07. The lowest BCUT2D eigenvalue weighted by Crippen LogP contribution is -2.42. The molecule has 0 saturated carbocycles. The highest BCUT2D eigenvalue weighted by Gasteiger charge is 2.27. The average molecular weight is 472 g/mol. The van der Waals surface area contributed by atoms with Crippen LogP contribution in [0.4, 0.5) is 5.82 Å². The van der Waals surface area contributed by atoms with E-state index in [1.54, 1.807) is 13.1 Å². The summed E-state index contributed by atoms with van der Waals surface area (Å²) in [5, 5.41) is -0.0261. The molecule has 1 aromatic carbocycles. The molecule has 3 heterocycles. The highest BCUT2D eigenvalue weighted by molar-refractivity contribution is 8.00. The molecule has 1 aliphatic heterocycles. The summed E-state index contributed by atoms with van der Waals surface area (Å²) in [4.78, 5) is 42.3. The molecule has 1 aliphatic rings. The fourth-order valence-electron chi connectivity index (χ4n) is 3.70. The Morgan fingerprint density at radius 2 is 1.88 bits per heavy atom. The van der Waals surface area contributed by atoms with Crippen LogP contribution in [0.3, 0.4) is 0 Å². The number of nitrogens with two attached hydrogens (primary N) is 1. The number of benzene rings is 1. The SMILES string of the molecule is CCn1c(-c2ccc3c(c2)OCCO3)cnc1SC(C)C(=O)c1c(N)n(C)c(=O)n(C)c1=O. The van der Waals surface area contributed by atoms with E-state index in [1.165, 1.54) is 25.9 Å². The van der Waals surface area contributed by atoms with Gasteiger partial charge in [-0.15, -0.1) is 0 Å². The number of aromatic nitrogens is 4. The molecule has 11 heteroatoms. The molecule has 0 spiro atoms. The normalized spacial score (nSPS) is 13.7. The molecule has 0 fully saturated rings. The molecule has 10 nitrogen and oxygen atoms in total. The molecule has 0 amide bonds. The van der Waals surface area contributed by atoms with E-state index < -0.39 is 22.3 Å². The molecule has 0 saturated heterocycles. The van der Waals surface area contributed by atoms with E-state index in [4.69, 9.17) is 15.2 Å². The number of nitrogens with zero attached hydrogens (tertiary/aromatic N) is 4. The van der Waals surface area contributed by atoms with Crippen LogP contribution in [0.25, 0.3) is 11.3 Å². The minimum atomic E-state index is -0.705. The van der Waals surface area contributed by atoms with E-state index in [0.29, 0.717) is 36.4 Å². The van der Waals surface area contributed by atoms with Gasteiger partial charge in [-0.2, -0.15) is 0 Å². The lowest BCUT2D eigenvalue weighted by atomic mass is 10.1. The zero-order valence-electron chi connectivity index (χ0n) is 18.8. The Morgan fingerprint density at radius 1 is 1.18 bits per heavy atom. The van der Waals surface area contributed by atoms with Crippen LogP contribution in [0.15, 0.2) is 39.1 Å². The molecule has 2 N–H and O–H groups in total. The Bertz CT molecular complexity index is 1360. The van der Waals surface area contributed by atoms with Gasteiger partial charge < -0.3 is 19.8 Å². The van der Waals surface area contributed by atoms with Gasteiger partial charge in [-0.25, -0.2) is 9.78 Å². The second kappa shape index (κ2) is 8.81. The first-order chi connectivity index (χ1) is 15.7. The molecule has 3 aromatic rings. The Morgan fingerprint density at radius 3 is 2.58 bits per heavy atom. The number of hydrogen-bond acceptors (Lipinski definition) is 8. The first-order valence-electron chi connectivity index (χ1n) is 10.5. The van der Waals surface area contributed by atoms with Gasteiger partial charge in [0, 0.05) is 26.2 Å². The number of Topliss-reactive ketones (excluding diaryl/α,β-unsaturated/α-hetero) is 1. The second-order valence-electron chi connectivity index (χ2n) is 7.62. The summed E-state index contributed by atoms with van der Waals surface area (Å²) in [5.74, 6) is 0.788. The third-order valence-corrected chi connectivity index (χ3v) is 6.69. The van der Waals surface area contributed by atoms with Crippen LogP contribution in [-0.4, -0.2) is 42.9 Å². The van der Waals surface area contributed by atoms with Crippen molar-refractivity contribution in [3.05, 3.63) is 50.8 Å². The summed E-state index contributed by atoms with van der Waals surface area (Å²) in [6.07, 6.45) is 1.74. The van der Waals surface area contributed by atoms with Crippen molar-refractivity contribution < 1.29 is 14.3 Å². The second-order valence-corrected chi connectivity index (χ2v) is 8.93. The lowest BCUT2D eigenvalue weighted by molar-refractivity contribution is 0.0992. The summed E-state index contributed by atoms with van der Waals surface area (Å²) in [5.41, 5.74) is 6.25. The summed E-state index contributed by atoms with van der Waals surface area (Å²) in [6, 6.07) is 5.72. The van der Waals surface area contributed by atoms with E-state index in [-0.39, 0.29) is 11.4 Å². The van der Waals surface area contributed by atoms with Crippen molar-refractivity contribution in [2.45, 2.75) is 30.8 Å². The van der Waals surface area contributed by atoms with Crippen molar-refractivity contribution in [2.75, 3.05) is 18.9 Å². The summed E-state index contributed by atoms with van der Waals surface area (Å²) < 4.78 is 15.2. The number of hydrogen-bond donors (Lipinski definition) is 1. The number of fused-ring (bicyclic) bond motifs is 1. The van der Waals surface area contributed by atoms with Crippen LogP contribution in [0.5, 0.6) is 11.5 Å². The van der Waals surface area contributed by atoms with Crippen LogP contribution < -0.4 is 26.5 Å². The molecule has 174 valence electrons. The number of anilines is 1. The molecule has 1 atom stereocenters. The molecule has 0 bridgehead atoms. The first-order valence-corrected chi connectivity index (χ1v) is 11.3. The number of thioether (sulfide) groups is 1. The van der Waals surface area contributed by atoms with Crippen molar-refractivity contribution in [3.63, 3.8) is 0 Å². The van der Waals surface area contributed by atoms with E-state index in [9.17, 15) is 14.4 Å². The Labute approximate surface area is 193 Å². The van der Waals surface area contributed by atoms with Crippen LogP contribution in [0.1, 0.15) is 24.2 Å². The third-order valence-electron chi connectivity index (χ3n) is 5.58.